The molecule has 102 valence electrons. The van der Waals surface area contributed by atoms with Crippen molar-refractivity contribution in [1.82, 2.24) is 5.32 Å². The zero-order valence-electron chi connectivity index (χ0n) is 10.6. The van der Waals surface area contributed by atoms with Gasteiger partial charge in [0.25, 0.3) is 5.91 Å². The molecule has 0 aromatic heterocycles. The summed E-state index contributed by atoms with van der Waals surface area (Å²) in [6, 6.07) is 5.40. The van der Waals surface area contributed by atoms with Crippen LogP contribution in [0.15, 0.2) is 22.7 Å². The molecule has 1 aromatic rings. The Morgan fingerprint density at radius 2 is 2.11 bits per heavy atom. The molecule has 4 nitrogen and oxygen atoms in total. The summed E-state index contributed by atoms with van der Waals surface area (Å²) in [5, 5.41) is 11.8. The Morgan fingerprint density at radius 1 is 1.37 bits per heavy atom. The molecule has 0 unspecified atom stereocenters. The molecule has 1 amide bonds. The lowest BCUT2D eigenvalue weighted by molar-refractivity contribution is -0.141. The molecule has 0 radical (unpaired) electrons. The molecule has 1 aromatic carbocycles. The summed E-state index contributed by atoms with van der Waals surface area (Å²) in [6.07, 6.45) is 1.90. The van der Waals surface area contributed by atoms with E-state index in [1.165, 1.54) is 0 Å². The maximum Gasteiger partial charge on any atom is 0.306 e. The van der Waals surface area contributed by atoms with Crippen LogP contribution in [-0.4, -0.2) is 23.0 Å². The smallest absolute Gasteiger partial charge is 0.306 e. The Balaban J connectivity index is 1.98. The number of rotatable bonds is 3. The number of aryl methyl sites for hydroxylation is 1. The molecule has 2 N–H and O–H groups in total. The number of carboxylic acid groups (broad SMARTS) is 1. The van der Waals surface area contributed by atoms with Crippen molar-refractivity contribution in [2.45, 2.75) is 32.2 Å². The summed E-state index contributed by atoms with van der Waals surface area (Å²) in [7, 11) is 0. The molecule has 1 fully saturated rings. The van der Waals surface area contributed by atoms with Crippen molar-refractivity contribution in [2.75, 3.05) is 0 Å². The zero-order chi connectivity index (χ0) is 14.0. The largest absolute Gasteiger partial charge is 0.481 e. The number of carboxylic acids is 1. The van der Waals surface area contributed by atoms with Gasteiger partial charge in [-0.2, -0.15) is 0 Å². The lowest BCUT2D eigenvalue weighted by atomic mass is 10.1. The molecule has 0 heterocycles. The fraction of sp³-hybridized carbons (Fsp3) is 0.429. The van der Waals surface area contributed by atoms with Crippen LogP contribution < -0.4 is 5.32 Å². The first-order chi connectivity index (χ1) is 8.97. The predicted molar refractivity (Wildman–Crippen MR) is 75.1 cm³/mol. The molecule has 0 aliphatic heterocycles. The van der Waals surface area contributed by atoms with Crippen molar-refractivity contribution >= 4 is 27.8 Å². The molecule has 0 bridgehead atoms. The van der Waals surface area contributed by atoms with E-state index in [2.05, 4.69) is 21.2 Å². The Hall–Kier alpha value is -1.36. The average molecular weight is 326 g/mol. The highest BCUT2D eigenvalue weighted by Gasteiger charge is 2.30. The number of benzene rings is 1. The van der Waals surface area contributed by atoms with Crippen molar-refractivity contribution in [3.8, 4) is 0 Å². The highest BCUT2D eigenvalue weighted by molar-refractivity contribution is 9.10. The Morgan fingerprint density at radius 3 is 2.68 bits per heavy atom. The van der Waals surface area contributed by atoms with Gasteiger partial charge in [0.2, 0.25) is 0 Å². The minimum atomic E-state index is -0.767. The second kappa shape index (κ2) is 5.74. The maximum atomic E-state index is 12.1. The van der Waals surface area contributed by atoms with Gasteiger partial charge in [0.15, 0.2) is 0 Å². The summed E-state index contributed by atoms with van der Waals surface area (Å²) < 4.78 is 0.968. The van der Waals surface area contributed by atoms with Gasteiger partial charge in [-0.25, -0.2) is 0 Å². The van der Waals surface area contributed by atoms with E-state index in [0.29, 0.717) is 18.4 Å². The van der Waals surface area contributed by atoms with Crippen LogP contribution in [0.1, 0.15) is 35.2 Å². The SMILES string of the molecule is Cc1cc(C(=O)N[C@H]2CC[C@@H](C(=O)O)C2)ccc1Br. The van der Waals surface area contributed by atoms with Gasteiger partial charge < -0.3 is 10.4 Å². The van der Waals surface area contributed by atoms with Crippen LogP contribution in [-0.2, 0) is 4.79 Å². The number of carbonyl (C=O) groups excluding carboxylic acids is 1. The van der Waals surface area contributed by atoms with Crippen molar-refractivity contribution < 1.29 is 14.7 Å². The monoisotopic (exact) mass is 325 g/mol. The first-order valence-corrected chi connectivity index (χ1v) is 7.06. The van der Waals surface area contributed by atoms with Crippen LogP contribution >= 0.6 is 15.9 Å². The van der Waals surface area contributed by atoms with Gasteiger partial charge in [-0.05, 0) is 49.9 Å². The summed E-state index contributed by atoms with van der Waals surface area (Å²) in [4.78, 5) is 22.9. The molecular formula is C14H16BrNO3. The quantitative estimate of drug-likeness (QED) is 0.897. The molecular weight excluding hydrogens is 310 g/mol. The Kier molecular flexibility index (Phi) is 4.24. The Labute approximate surface area is 120 Å². The third-order valence-electron chi connectivity index (χ3n) is 3.54. The van der Waals surface area contributed by atoms with E-state index in [9.17, 15) is 9.59 Å². The number of aliphatic carboxylic acids is 1. The van der Waals surface area contributed by atoms with Gasteiger partial charge in [0.05, 0.1) is 5.92 Å². The van der Waals surface area contributed by atoms with Crippen molar-refractivity contribution in [2.24, 2.45) is 5.92 Å². The molecule has 0 spiro atoms. The second-order valence-electron chi connectivity index (χ2n) is 4.98. The summed E-state index contributed by atoms with van der Waals surface area (Å²) in [5.74, 6) is -1.22. The van der Waals surface area contributed by atoms with Crippen LogP contribution in [0.4, 0.5) is 0 Å². The molecule has 2 atom stereocenters. The lowest BCUT2D eigenvalue weighted by Gasteiger charge is -2.13. The van der Waals surface area contributed by atoms with Crippen LogP contribution in [0.3, 0.4) is 0 Å². The van der Waals surface area contributed by atoms with Crippen molar-refractivity contribution in [3.63, 3.8) is 0 Å². The van der Waals surface area contributed by atoms with E-state index in [-0.39, 0.29) is 17.9 Å². The summed E-state index contributed by atoms with van der Waals surface area (Å²) >= 11 is 3.39. The van der Waals surface area contributed by atoms with E-state index in [4.69, 9.17) is 5.11 Å². The third kappa shape index (κ3) is 3.35. The average Bonchev–Trinajstić information content (AvgIpc) is 2.81. The molecule has 1 saturated carbocycles. The number of carbonyl (C=O) groups is 2. The van der Waals surface area contributed by atoms with E-state index in [1.807, 2.05) is 19.1 Å². The van der Waals surface area contributed by atoms with Crippen molar-refractivity contribution in [1.29, 1.82) is 0 Å². The van der Waals surface area contributed by atoms with Crippen LogP contribution in [0, 0.1) is 12.8 Å². The summed E-state index contributed by atoms with van der Waals surface area (Å²) in [5.41, 5.74) is 1.61. The minimum Gasteiger partial charge on any atom is -0.481 e. The first kappa shape index (κ1) is 14.1. The normalized spacial score (nSPS) is 22.2. The van der Waals surface area contributed by atoms with E-state index >= 15 is 0 Å². The fourth-order valence-corrected chi connectivity index (χ4v) is 2.64. The third-order valence-corrected chi connectivity index (χ3v) is 4.43. The molecule has 5 heteroatoms. The van der Waals surface area contributed by atoms with Gasteiger partial charge >= 0.3 is 5.97 Å². The topological polar surface area (TPSA) is 66.4 Å². The van der Waals surface area contributed by atoms with Gasteiger partial charge in [0.1, 0.15) is 0 Å². The Bertz CT molecular complexity index is 515. The van der Waals surface area contributed by atoms with Gasteiger partial charge in [-0.1, -0.05) is 15.9 Å². The standard InChI is InChI=1S/C14H16BrNO3/c1-8-6-9(3-5-12(8)15)13(17)16-11-4-2-10(7-11)14(18)19/h3,5-6,10-11H,2,4,7H2,1H3,(H,16,17)(H,18,19)/t10-,11+/m1/s1. The molecule has 1 aliphatic carbocycles. The van der Waals surface area contributed by atoms with Gasteiger partial charge in [0, 0.05) is 16.1 Å². The lowest BCUT2D eigenvalue weighted by Crippen LogP contribution is -2.33. The van der Waals surface area contributed by atoms with Gasteiger partial charge in [-0.15, -0.1) is 0 Å². The minimum absolute atomic E-state index is 0.0300. The number of amides is 1. The van der Waals surface area contributed by atoms with E-state index < -0.39 is 5.97 Å². The molecule has 0 saturated heterocycles. The first-order valence-electron chi connectivity index (χ1n) is 6.27. The molecule has 2 rings (SSSR count). The second-order valence-corrected chi connectivity index (χ2v) is 5.84. The van der Waals surface area contributed by atoms with Crippen LogP contribution in [0.2, 0.25) is 0 Å². The van der Waals surface area contributed by atoms with Crippen molar-refractivity contribution in [3.05, 3.63) is 33.8 Å². The number of halogens is 1. The van der Waals surface area contributed by atoms with Gasteiger partial charge in [-0.3, -0.25) is 9.59 Å². The van der Waals surface area contributed by atoms with Crippen LogP contribution in [0.25, 0.3) is 0 Å². The maximum absolute atomic E-state index is 12.1. The zero-order valence-corrected chi connectivity index (χ0v) is 12.2. The van der Waals surface area contributed by atoms with E-state index in [1.54, 1.807) is 6.07 Å². The van der Waals surface area contributed by atoms with E-state index in [0.717, 1.165) is 16.5 Å². The predicted octanol–water partition coefficient (Wildman–Crippen LogP) is 2.74. The molecule has 1 aliphatic rings. The fourth-order valence-electron chi connectivity index (χ4n) is 2.39. The number of hydrogen-bond acceptors (Lipinski definition) is 2. The number of nitrogens with one attached hydrogen (secondary N) is 1. The highest BCUT2D eigenvalue weighted by atomic mass is 79.9. The number of hydrogen-bond donors (Lipinski definition) is 2. The van der Waals surface area contributed by atoms with Crippen LogP contribution in [0.5, 0.6) is 0 Å². The highest BCUT2D eigenvalue weighted by Crippen LogP contribution is 2.26. The molecule has 19 heavy (non-hydrogen) atoms. The summed E-state index contributed by atoms with van der Waals surface area (Å²) in [6.45, 7) is 1.93.